The van der Waals surface area contributed by atoms with E-state index in [2.05, 4.69) is 11.9 Å². The van der Waals surface area contributed by atoms with Crippen LogP contribution in [0.3, 0.4) is 0 Å². The summed E-state index contributed by atoms with van der Waals surface area (Å²) in [6.07, 6.45) is 2.87. The lowest BCUT2D eigenvalue weighted by molar-refractivity contribution is 0.119. The molecular weight excluding hydrogens is 222 g/mol. The maximum atomic E-state index is 5.46. The molecule has 2 rings (SSSR count). The molecule has 3 nitrogen and oxygen atoms in total. The number of hydrogen-bond donors (Lipinski definition) is 0. The number of methoxy groups -OCH3 is 2. The summed E-state index contributed by atoms with van der Waals surface area (Å²) in [5.41, 5.74) is 0. The Morgan fingerprint density at radius 3 is 2.94 bits per heavy atom. The van der Waals surface area contributed by atoms with E-state index in [1.807, 2.05) is 18.3 Å². The highest BCUT2D eigenvalue weighted by atomic mass is 32.1. The molecule has 86 valence electrons. The van der Waals surface area contributed by atoms with Crippen LogP contribution >= 0.6 is 11.3 Å². The fraction of sp³-hybridized carbons (Fsp3) is 0.417. The molecule has 1 unspecified atom stereocenters. The molecule has 0 radical (unpaired) electrons. The fourth-order valence-corrected chi connectivity index (χ4v) is 2.88. The lowest BCUT2D eigenvalue weighted by Crippen LogP contribution is -2.07. The van der Waals surface area contributed by atoms with E-state index in [9.17, 15) is 0 Å². The van der Waals surface area contributed by atoms with Gasteiger partial charge in [0.15, 0.2) is 0 Å². The SMILES string of the molecule is COc1c(CC(C)OC)sc2ncccc12. The topological polar surface area (TPSA) is 31.4 Å². The minimum absolute atomic E-state index is 0.196. The lowest BCUT2D eigenvalue weighted by atomic mass is 10.2. The molecule has 0 aliphatic heterocycles. The summed E-state index contributed by atoms with van der Waals surface area (Å²) in [6.45, 7) is 2.05. The van der Waals surface area contributed by atoms with Crippen molar-refractivity contribution in [3.8, 4) is 5.75 Å². The van der Waals surface area contributed by atoms with Crippen molar-refractivity contribution in [2.45, 2.75) is 19.4 Å². The molecule has 0 bridgehead atoms. The molecule has 0 aliphatic rings. The third-order valence-corrected chi connectivity index (χ3v) is 3.69. The van der Waals surface area contributed by atoms with Gasteiger partial charge in [-0.1, -0.05) is 0 Å². The number of pyridine rings is 1. The average Bonchev–Trinajstić information content (AvgIpc) is 2.65. The first-order chi connectivity index (χ1) is 7.76. The summed E-state index contributed by atoms with van der Waals surface area (Å²) in [4.78, 5) is 6.57. The number of rotatable bonds is 4. The number of hydrogen-bond acceptors (Lipinski definition) is 4. The smallest absolute Gasteiger partial charge is 0.142 e. The minimum atomic E-state index is 0.196. The Labute approximate surface area is 99.0 Å². The highest BCUT2D eigenvalue weighted by Gasteiger charge is 2.15. The van der Waals surface area contributed by atoms with Crippen molar-refractivity contribution >= 4 is 21.6 Å². The molecule has 2 heterocycles. The van der Waals surface area contributed by atoms with E-state index in [0.29, 0.717) is 0 Å². The summed E-state index contributed by atoms with van der Waals surface area (Å²) in [7, 11) is 3.43. The van der Waals surface area contributed by atoms with Gasteiger partial charge in [-0.05, 0) is 19.1 Å². The van der Waals surface area contributed by atoms with Crippen molar-refractivity contribution in [2.24, 2.45) is 0 Å². The first kappa shape index (κ1) is 11.4. The van der Waals surface area contributed by atoms with Crippen LogP contribution in [-0.4, -0.2) is 25.3 Å². The second-order valence-electron chi connectivity index (χ2n) is 3.67. The summed E-state index contributed by atoms with van der Waals surface area (Å²) >= 11 is 1.68. The van der Waals surface area contributed by atoms with Crippen LogP contribution in [0.5, 0.6) is 5.75 Å². The van der Waals surface area contributed by atoms with Crippen molar-refractivity contribution in [3.05, 3.63) is 23.2 Å². The van der Waals surface area contributed by atoms with Gasteiger partial charge in [-0.25, -0.2) is 4.98 Å². The zero-order valence-corrected chi connectivity index (χ0v) is 10.5. The number of fused-ring (bicyclic) bond motifs is 1. The van der Waals surface area contributed by atoms with Crippen LogP contribution in [0.4, 0.5) is 0 Å². The normalized spacial score (nSPS) is 12.9. The largest absolute Gasteiger partial charge is 0.495 e. The molecule has 2 aromatic heterocycles. The summed E-state index contributed by atoms with van der Waals surface area (Å²) in [6, 6.07) is 3.97. The molecule has 0 fully saturated rings. The molecular formula is C12H15NO2S. The van der Waals surface area contributed by atoms with Gasteiger partial charge in [-0.2, -0.15) is 0 Å². The fourth-order valence-electron chi connectivity index (χ4n) is 1.66. The van der Waals surface area contributed by atoms with Gasteiger partial charge in [0.05, 0.1) is 23.5 Å². The highest BCUT2D eigenvalue weighted by molar-refractivity contribution is 7.19. The first-order valence-corrected chi connectivity index (χ1v) is 6.01. The van der Waals surface area contributed by atoms with Gasteiger partial charge >= 0.3 is 0 Å². The molecule has 2 aromatic rings. The Kier molecular flexibility index (Phi) is 3.41. The lowest BCUT2D eigenvalue weighted by Gasteiger charge is -2.08. The van der Waals surface area contributed by atoms with E-state index in [0.717, 1.165) is 22.4 Å². The van der Waals surface area contributed by atoms with Crippen LogP contribution in [-0.2, 0) is 11.2 Å². The number of thiophene rings is 1. The Morgan fingerprint density at radius 1 is 1.44 bits per heavy atom. The third kappa shape index (κ3) is 2.03. The zero-order chi connectivity index (χ0) is 11.5. The Balaban J connectivity index is 2.44. The van der Waals surface area contributed by atoms with Crippen molar-refractivity contribution < 1.29 is 9.47 Å². The van der Waals surface area contributed by atoms with Crippen LogP contribution in [0.15, 0.2) is 18.3 Å². The van der Waals surface area contributed by atoms with E-state index in [1.165, 1.54) is 4.88 Å². The van der Waals surface area contributed by atoms with Crippen LogP contribution in [0, 0.1) is 0 Å². The Bertz CT molecular complexity index is 481. The van der Waals surface area contributed by atoms with E-state index in [4.69, 9.17) is 9.47 Å². The van der Waals surface area contributed by atoms with Crippen LogP contribution in [0.1, 0.15) is 11.8 Å². The monoisotopic (exact) mass is 237 g/mol. The minimum Gasteiger partial charge on any atom is -0.495 e. The zero-order valence-electron chi connectivity index (χ0n) is 9.69. The van der Waals surface area contributed by atoms with Crippen molar-refractivity contribution in [1.29, 1.82) is 0 Å². The molecule has 0 saturated carbocycles. The second-order valence-corrected chi connectivity index (χ2v) is 4.75. The molecule has 0 amide bonds. The highest BCUT2D eigenvalue weighted by Crippen LogP contribution is 2.37. The van der Waals surface area contributed by atoms with Gasteiger partial charge in [0.25, 0.3) is 0 Å². The average molecular weight is 237 g/mol. The molecule has 0 spiro atoms. The summed E-state index contributed by atoms with van der Waals surface area (Å²) < 4.78 is 10.7. The summed E-state index contributed by atoms with van der Waals surface area (Å²) in [5, 5.41) is 1.09. The van der Waals surface area contributed by atoms with Gasteiger partial charge in [-0.3, -0.25) is 0 Å². The van der Waals surface area contributed by atoms with Gasteiger partial charge in [0.2, 0.25) is 0 Å². The molecule has 4 heteroatoms. The maximum absolute atomic E-state index is 5.46. The first-order valence-electron chi connectivity index (χ1n) is 5.19. The van der Waals surface area contributed by atoms with Crippen molar-refractivity contribution in [3.63, 3.8) is 0 Å². The maximum Gasteiger partial charge on any atom is 0.142 e. The molecule has 16 heavy (non-hydrogen) atoms. The van der Waals surface area contributed by atoms with E-state index < -0.39 is 0 Å². The van der Waals surface area contributed by atoms with E-state index >= 15 is 0 Å². The third-order valence-electron chi connectivity index (χ3n) is 2.57. The Morgan fingerprint density at radius 2 is 2.25 bits per heavy atom. The Hall–Kier alpha value is -1.13. The predicted molar refractivity (Wildman–Crippen MR) is 66.3 cm³/mol. The molecule has 1 atom stereocenters. The van der Waals surface area contributed by atoms with Crippen LogP contribution < -0.4 is 4.74 Å². The number of ether oxygens (including phenoxy) is 2. The van der Waals surface area contributed by atoms with E-state index in [1.54, 1.807) is 25.6 Å². The van der Waals surface area contributed by atoms with Gasteiger partial charge in [0, 0.05) is 19.7 Å². The van der Waals surface area contributed by atoms with Crippen molar-refractivity contribution in [1.82, 2.24) is 4.98 Å². The van der Waals surface area contributed by atoms with Gasteiger partial charge in [-0.15, -0.1) is 11.3 Å². The van der Waals surface area contributed by atoms with Crippen LogP contribution in [0.25, 0.3) is 10.2 Å². The number of nitrogens with zero attached hydrogens (tertiary/aromatic N) is 1. The second kappa shape index (κ2) is 4.80. The molecule has 0 saturated heterocycles. The predicted octanol–water partition coefficient (Wildman–Crippen LogP) is 2.88. The van der Waals surface area contributed by atoms with Crippen molar-refractivity contribution in [2.75, 3.05) is 14.2 Å². The molecule has 0 aliphatic carbocycles. The number of aromatic nitrogens is 1. The van der Waals surface area contributed by atoms with Gasteiger partial charge < -0.3 is 9.47 Å². The van der Waals surface area contributed by atoms with E-state index in [-0.39, 0.29) is 6.10 Å². The molecule has 0 N–H and O–H groups in total. The van der Waals surface area contributed by atoms with Gasteiger partial charge in [0.1, 0.15) is 10.6 Å². The quantitative estimate of drug-likeness (QED) is 0.819. The standard InChI is InChI=1S/C12H15NO2S/c1-8(14-2)7-10-11(15-3)9-5-4-6-13-12(9)16-10/h4-6,8H,7H2,1-3H3. The molecule has 0 aromatic carbocycles. The van der Waals surface area contributed by atoms with Crippen LogP contribution in [0.2, 0.25) is 0 Å². The summed E-state index contributed by atoms with van der Waals surface area (Å²) in [5.74, 6) is 0.942.